The Kier molecular flexibility index (Phi) is 4.70. The Bertz CT molecular complexity index is 1030. The normalized spacial score (nSPS) is 16.0. The minimum atomic E-state index is -0.404. The van der Waals surface area contributed by atoms with E-state index in [2.05, 4.69) is 49.2 Å². The molecule has 1 aliphatic heterocycles. The monoisotopic (exact) mass is 382 g/mol. The molecule has 2 aromatic carbocycles. The Balaban J connectivity index is 1.67. The van der Waals surface area contributed by atoms with Crippen LogP contribution in [0.2, 0.25) is 0 Å². The molecule has 4 rings (SSSR count). The molecule has 138 valence electrons. The van der Waals surface area contributed by atoms with Gasteiger partial charge in [0, 0.05) is 5.56 Å². The van der Waals surface area contributed by atoms with Gasteiger partial charge in [-0.05, 0) is 44.5 Å². The lowest BCUT2D eigenvalue weighted by molar-refractivity contribution is 0.275. The van der Waals surface area contributed by atoms with Crippen molar-refractivity contribution in [1.82, 2.24) is 14.9 Å². The van der Waals surface area contributed by atoms with Crippen LogP contribution in [0.15, 0.2) is 52.7 Å². The van der Waals surface area contributed by atoms with Crippen LogP contribution in [0.5, 0.6) is 5.75 Å². The SMILES string of the molecule is Cc1ccc(C)c(C2=Nn3c(COc4ccccc4F)nnc3SC2C)c1. The van der Waals surface area contributed by atoms with Crippen LogP contribution in [-0.2, 0) is 6.61 Å². The molecule has 3 aromatic rings. The van der Waals surface area contributed by atoms with E-state index < -0.39 is 5.82 Å². The van der Waals surface area contributed by atoms with E-state index in [1.54, 1.807) is 34.6 Å². The summed E-state index contributed by atoms with van der Waals surface area (Å²) in [4.78, 5) is 0. The second kappa shape index (κ2) is 7.15. The van der Waals surface area contributed by atoms with Crippen molar-refractivity contribution < 1.29 is 9.13 Å². The number of benzene rings is 2. The van der Waals surface area contributed by atoms with Crippen molar-refractivity contribution in [2.75, 3.05) is 0 Å². The number of nitrogens with zero attached hydrogens (tertiary/aromatic N) is 4. The van der Waals surface area contributed by atoms with Crippen molar-refractivity contribution in [3.8, 4) is 5.75 Å². The molecule has 2 heterocycles. The van der Waals surface area contributed by atoms with Crippen LogP contribution in [0.4, 0.5) is 4.39 Å². The number of aromatic nitrogens is 3. The smallest absolute Gasteiger partial charge is 0.212 e. The van der Waals surface area contributed by atoms with Gasteiger partial charge in [-0.3, -0.25) is 0 Å². The fourth-order valence-corrected chi connectivity index (χ4v) is 3.89. The van der Waals surface area contributed by atoms with Gasteiger partial charge in [0.05, 0.1) is 11.0 Å². The highest BCUT2D eigenvalue weighted by Crippen LogP contribution is 2.31. The molecule has 7 heteroatoms. The Labute approximate surface area is 161 Å². The minimum Gasteiger partial charge on any atom is -0.482 e. The highest BCUT2D eigenvalue weighted by Gasteiger charge is 2.26. The van der Waals surface area contributed by atoms with Gasteiger partial charge in [0.15, 0.2) is 17.4 Å². The topological polar surface area (TPSA) is 52.3 Å². The lowest BCUT2D eigenvalue weighted by Crippen LogP contribution is -2.23. The summed E-state index contributed by atoms with van der Waals surface area (Å²) >= 11 is 1.60. The summed E-state index contributed by atoms with van der Waals surface area (Å²) in [7, 11) is 0. The highest BCUT2D eigenvalue weighted by molar-refractivity contribution is 8.00. The molecule has 5 nitrogen and oxygen atoms in total. The van der Waals surface area contributed by atoms with Crippen molar-refractivity contribution in [1.29, 1.82) is 0 Å². The molecule has 0 spiro atoms. The molecule has 0 fully saturated rings. The number of hydrogen-bond donors (Lipinski definition) is 0. The highest BCUT2D eigenvalue weighted by atomic mass is 32.2. The predicted molar refractivity (Wildman–Crippen MR) is 104 cm³/mol. The largest absolute Gasteiger partial charge is 0.482 e. The first kappa shape index (κ1) is 17.7. The lowest BCUT2D eigenvalue weighted by Gasteiger charge is -2.21. The van der Waals surface area contributed by atoms with E-state index in [1.165, 1.54) is 17.2 Å². The molecule has 1 aliphatic rings. The predicted octanol–water partition coefficient (Wildman–Crippen LogP) is 4.36. The summed E-state index contributed by atoms with van der Waals surface area (Å²) in [6.45, 7) is 6.35. The maximum absolute atomic E-state index is 13.8. The van der Waals surface area contributed by atoms with Crippen LogP contribution < -0.4 is 4.74 Å². The van der Waals surface area contributed by atoms with E-state index in [9.17, 15) is 4.39 Å². The molecule has 0 saturated heterocycles. The van der Waals surface area contributed by atoms with Crippen molar-refractivity contribution in [3.05, 3.63) is 70.8 Å². The molecule has 1 unspecified atom stereocenters. The third kappa shape index (κ3) is 3.47. The fourth-order valence-electron chi connectivity index (χ4n) is 2.95. The number of ether oxygens (including phenoxy) is 1. The second-order valence-electron chi connectivity index (χ2n) is 6.49. The first-order valence-electron chi connectivity index (χ1n) is 8.67. The van der Waals surface area contributed by atoms with Gasteiger partial charge in [0.1, 0.15) is 6.61 Å². The van der Waals surface area contributed by atoms with E-state index in [-0.39, 0.29) is 17.6 Å². The molecule has 0 bridgehead atoms. The van der Waals surface area contributed by atoms with E-state index in [4.69, 9.17) is 9.84 Å². The maximum Gasteiger partial charge on any atom is 0.212 e. The third-order valence-corrected chi connectivity index (χ3v) is 5.46. The third-order valence-electron chi connectivity index (χ3n) is 4.41. The van der Waals surface area contributed by atoms with Gasteiger partial charge in [-0.25, -0.2) is 4.39 Å². The van der Waals surface area contributed by atoms with Crippen LogP contribution in [0.3, 0.4) is 0 Å². The quantitative estimate of drug-likeness (QED) is 0.673. The van der Waals surface area contributed by atoms with Gasteiger partial charge in [-0.1, -0.05) is 41.6 Å². The van der Waals surface area contributed by atoms with Crippen LogP contribution in [0, 0.1) is 19.7 Å². The van der Waals surface area contributed by atoms with Crippen LogP contribution in [0.1, 0.15) is 29.4 Å². The van der Waals surface area contributed by atoms with Gasteiger partial charge >= 0.3 is 0 Å². The molecule has 1 aromatic heterocycles. The molecular formula is C20H19FN4OS. The van der Waals surface area contributed by atoms with Crippen molar-refractivity contribution in [2.24, 2.45) is 5.10 Å². The molecule has 0 saturated carbocycles. The molecule has 0 N–H and O–H groups in total. The van der Waals surface area contributed by atoms with E-state index >= 15 is 0 Å². The summed E-state index contributed by atoms with van der Waals surface area (Å²) in [5.41, 5.74) is 4.46. The Hall–Kier alpha value is -2.67. The van der Waals surface area contributed by atoms with E-state index in [0.717, 1.165) is 11.3 Å². The summed E-state index contributed by atoms with van der Waals surface area (Å²) in [6.07, 6.45) is 0. The number of fused-ring (bicyclic) bond motifs is 1. The zero-order chi connectivity index (χ0) is 19.0. The van der Waals surface area contributed by atoms with Gasteiger partial charge < -0.3 is 4.74 Å². The number of halogens is 1. The van der Waals surface area contributed by atoms with Crippen LogP contribution in [-0.4, -0.2) is 25.8 Å². The Morgan fingerprint density at radius 1 is 1.15 bits per heavy atom. The zero-order valence-corrected chi connectivity index (χ0v) is 16.1. The first-order valence-corrected chi connectivity index (χ1v) is 9.55. The minimum absolute atomic E-state index is 0.0897. The Morgan fingerprint density at radius 3 is 2.78 bits per heavy atom. The number of thioether (sulfide) groups is 1. The van der Waals surface area contributed by atoms with Gasteiger partial charge in [-0.15, -0.1) is 10.2 Å². The average molecular weight is 382 g/mol. The van der Waals surface area contributed by atoms with E-state index in [1.807, 2.05) is 0 Å². The van der Waals surface area contributed by atoms with Crippen molar-refractivity contribution >= 4 is 17.5 Å². The fraction of sp³-hybridized carbons (Fsp3) is 0.250. The van der Waals surface area contributed by atoms with Gasteiger partial charge in [-0.2, -0.15) is 9.78 Å². The standard InChI is InChI=1S/C20H19FN4OS/c1-12-8-9-13(2)15(10-12)19-14(3)27-20-23-22-18(25(20)24-19)11-26-17-7-5-4-6-16(17)21/h4-10,14H,11H2,1-3H3. The number of hydrogen-bond acceptors (Lipinski definition) is 5. The molecule has 27 heavy (non-hydrogen) atoms. The maximum atomic E-state index is 13.8. The van der Waals surface area contributed by atoms with E-state index in [0.29, 0.717) is 11.0 Å². The molecular weight excluding hydrogens is 363 g/mol. The summed E-state index contributed by atoms with van der Waals surface area (Å²) in [5.74, 6) is 0.319. The second-order valence-corrected chi connectivity index (χ2v) is 7.80. The Morgan fingerprint density at radius 2 is 1.96 bits per heavy atom. The van der Waals surface area contributed by atoms with Crippen molar-refractivity contribution in [2.45, 2.75) is 37.8 Å². The zero-order valence-electron chi connectivity index (χ0n) is 15.3. The lowest BCUT2D eigenvalue weighted by atomic mass is 10.00. The summed E-state index contributed by atoms with van der Waals surface area (Å²) in [6, 6.07) is 12.7. The number of para-hydroxylation sites is 1. The van der Waals surface area contributed by atoms with Gasteiger partial charge in [0.2, 0.25) is 5.16 Å². The molecule has 0 radical (unpaired) electrons. The number of aryl methyl sites for hydroxylation is 2. The van der Waals surface area contributed by atoms with Crippen molar-refractivity contribution in [3.63, 3.8) is 0 Å². The average Bonchev–Trinajstić information content (AvgIpc) is 3.04. The molecule has 0 aliphatic carbocycles. The molecule has 1 atom stereocenters. The van der Waals surface area contributed by atoms with Crippen LogP contribution >= 0.6 is 11.8 Å². The van der Waals surface area contributed by atoms with Gasteiger partial charge in [0.25, 0.3) is 0 Å². The summed E-state index contributed by atoms with van der Waals surface area (Å²) in [5, 5.41) is 14.1. The van der Waals surface area contributed by atoms with Crippen LogP contribution in [0.25, 0.3) is 0 Å². The summed E-state index contributed by atoms with van der Waals surface area (Å²) < 4.78 is 21.1. The first-order chi connectivity index (χ1) is 13.0. The number of rotatable bonds is 4. The molecule has 0 amide bonds.